The van der Waals surface area contributed by atoms with E-state index in [4.69, 9.17) is 14.7 Å². The third kappa shape index (κ3) is 5.02. The summed E-state index contributed by atoms with van der Waals surface area (Å²) in [5, 5.41) is 11.4. The van der Waals surface area contributed by atoms with E-state index in [0.717, 1.165) is 18.2 Å². The van der Waals surface area contributed by atoms with Crippen molar-refractivity contribution >= 4 is 28.7 Å². The van der Waals surface area contributed by atoms with Gasteiger partial charge in [-0.25, -0.2) is 13.8 Å². The smallest absolute Gasteiger partial charge is 0.248 e. The van der Waals surface area contributed by atoms with E-state index < -0.39 is 11.6 Å². The standard InChI is InChI=1S/C25H18F2N4O3/c1-33-23-12-15(2-8-22(23)34-11-10-28)3-9-24(32)29-17-5-7-20-21(14-17)31-25(30-20)18-13-16(26)4-6-19(18)27/h2-9,12-14H,11H2,1H3,(H,29,32)(H,30,31)/b9-3+. The largest absolute Gasteiger partial charge is 0.493 e. The number of amides is 1. The Morgan fingerprint density at radius 3 is 2.79 bits per heavy atom. The molecule has 1 amide bonds. The SMILES string of the molecule is COc1cc(/C=C/C(=O)Nc2ccc3nc(-c4cc(F)ccc4F)[nH]c3c2)ccc1OCC#N. The molecule has 0 bridgehead atoms. The molecule has 7 nitrogen and oxygen atoms in total. The highest BCUT2D eigenvalue weighted by molar-refractivity contribution is 6.02. The van der Waals surface area contributed by atoms with E-state index in [-0.39, 0.29) is 23.9 Å². The molecule has 1 aromatic heterocycles. The number of anilines is 1. The van der Waals surface area contributed by atoms with Gasteiger partial charge < -0.3 is 19.8 Å². The van der Waals surface area contributed by atoms with Crippen LogP contribution in [0.4, 0.5) is 14.5 Å². The number of rotatable bonds is 7. The maximum absolute atomic E-state index is 14.1. The number of carbonyl (C=O) groups excluding carboxylic acids is 1. The molecule has 0 aliphatic carbocycles. The van der Waals surface area contributed by atoms with Crippen molar-refractivity contribution in [2.24, 2.45) is 0 Å². The molecule has 3 aromatic carbocycles. The summed E-state index contributed by atoms with van der Waals surface area (Å²) in [6.07, 6.45) is 2.96. The van der Waals surface area contributed by atoms with E-state index in [0.29, 0.717) is 33.8 Å². The molecule has 34 heavy (non-hydrogen) atoms. The Hall–Kier alpha value is -4.71. The van der Waals surface area contributed by atoms with E-state index in [1.165, 1.54) is 13.2 Å². The van der Waals surface area contributed by atoms with Gasteiger partial charge in [-0.15, -0.1) is 0 Å². The molecule has 0 aliphatic rings. The van der Waals surface area contributed by atoms with Crippen LogP contribution >= 0.6 is 0 Å². The van der Waals surface area contributed by atoms with Crippen molar-refractivity contribution in [1.29, 1.82) is 5.26 Å². The number of aromatic nitrogens is 2. The van der Waals surface area contributed by atoms with Gasteiger partial charge in [-0.2, -0.15) is 5.26 Å². The monoisotopic (exact) mass is 460 g/mol. The second kappa shape index (κ2) is 9.83. The fourth-order valence-electron chi connectivity index (χ4n) is 3.27. The highest BCUT2D eigenvalue weighted by Crippen LogP contribution is 2.29. The highest BCUT2D eigenvalue weighted by Gasteiger charge is 2.12. The predicted octanol–water partition coefficient (Wildman–Crippen LogP) is 5.07. The zero-order valence-electron chi connectivity index (χ0n) is 17.9. The first-order chi connectivity index (χ1) is 16.5. The van der Waals surface area contributed by atoms with Crippen molar-refractivity contribution in [3.63, 3.8) is 0 Å². The number of methoxy groups -OCH3 is 1. The molecule has 4 aromatic rings. The third-order valence-electron chi connectivity index (χ3n) is 4.84. The number of halogens is 2. The summed E-state index contributed by atoms with van der Waals surface area (Å²) in [7, 11) is 1.48. The molecule has 0 radical (unpaired) electrons. The van der Waals surface area contributed by atoms with Gasteiger partial charge in [0, 0.05) is 11.8 Å². The van der Waals surface area contributed by atoms with Crippen molar-refractivity contribution in [2.45, 2.75) is 0 Å². The summed E-state index contributed by atoms with van der Waals surface area (Å²) in [5.74, 6) is -0.492. The van der Waals surface area contributed by atoms with Crippen LogP contribution in [0.25, 0.3) is 28.5 Å². The van der Waals surface area contributed by atoms with Crippen molar-refractivity contribution in [1.82, 2.24) is 9.97 Å². The summed E-state index contributed by atoms with van der Waals surface area (Å²) in [6.45, 7) is -0.104. The minimum atomic E-state index is -0.597. The second-order valence-electron chi connectivity index (χ2n) is 7.12. The first-order valence-electron chi connectivity index (χ1n) is 10.1. The fourth-order valence-corrected chi connectivity index (χ4v) is 3.27. The number of ether oxygens (including phenoxy) is 2. The topological polar surface area (TPSA) is 100 Å². The minimum Gasteiger partial charge on any atom is -0.493 e. The second-order valence-corrected chi connectivity index (χ2v) is 7.12. The Labute approximate surface area is 193 Å². The average molecular weight is 460 g/mol. The molecule has 0 saturated carbocycles. The Balaban J connectivity index is 1.48. The minimum absolute atomic E-state index is 0.0178. The van der Waals surface area contributed by atoms with Crippen LogP contribution < -0.4 is 14.8 Å². The van der Waals surface area contributed by atoms with Gasteiger partial charge in [0.2, 0.25) is 5.91 Å². The van der Waals surface area contributed by atoms with Gasteiger partial charge >= 0.3 is 0 Å². The summed E-state index contributed by atoms with van der Waals surface area (Å²) < 4.78 is 38.1. The molecular formula is C25H18F2N4O3. The summed E-state index contributed by atoms with van der Waals surface area (Å²) >= 11 is 0. The van der Waals surface area contributed by atoms with Gasteiger partial charge in [0.15, 0.2) is 18.1 Å². The lowest BCUT2D eigenvalue weighted by molar-refractivity contribution is -0.111. The number of nitrogens with zero attached hydrogens (tertiary/aromatic N) is 2. The molecular weight excluding hydrogens is 442 g/mol. The van der Waals surface area contributed by atoms with Crippen molar-refractivity contribution in [3.05, 3.63) is 77.9 Å². The highest BCUT2D eigenvalue weighted by atomic mass is 19.1. The lowest BCUT2D eigenvalue weighted by atomic mass is 10.2. The number of hydrogen-bond donors (Lipinski definition) is 2. The van der Waals surface area contributed by atoms with Gasteiger partial charge in [-0.3, -0.25) is 4.79 Å². The number of benzene rings is 3. The fraction of sp³-hybridized carbons (Fsp3) is 0.0800. The molecule has 0 aliphatic heterocycles. The van der Waals surface area contributed by atoms with Gasteiger partial charge in [0.25, 0.3) is 0 Å². The zero-order valence-corrected chi connectivity index (χ0v) is 17.9. The van der Waals surface area contributed by atoms with Crippen molar-refractivity contribution < 1.29 is 23.0 Å². The zero-order chi connectivity index (χ0) is 24.1. The van der Waals surface area contributed by atoms with Gasteiger partial charge in [0.05, 0.1) is 23.7 Å². The van der Waals surface area contributed by atoms with Gasteiger partial charge in [-0.05, 0) is 60.2 Å². The van der Waals surface area contributed by atoms with Crippen LogP contribution in [0.2, 0.25) is 0 Å². The Morgan fingerprint density at radius 2 is 2.00 bits per heavy atom. The molecule has 2 N–H and O–H groups in total. The number of nitrogens with one attached hydrogen (secondary N) is 2. The molecule has 0 spiro atoms. The summed E-state index contributed by atoms with van der Waals surface area (Å²) in [4.78, 5) is 19.6. The summed E-state index contributed by atoms with van der Waals surface area (Å²) in [6, 6.07) is 15.1. The molecule has 9 heteroatoms. The normalized spacial score (nSPS) is 10.9. The lowest BCUT2D eigenvalue weighted by Gasteiger charge is -2.08. The van der Waals surface area contributed by atoms with Crippen LogP contribution in [0.3, 0.4) is 0 Å². The number of nitriles is 1. The molecule has 1 heterocycles. The molecule has 0 unspecified atom stereocenters. The van der Waals surface area contributed by atoms with Crippen molar-refractivity contribution in [2.75, 3.05) is 19.0 Å². The number of carbonyl (C=O) groups is 1. The number of fused-ring (bicyclic) bond motifs is 1. The molecule has 0 fully saturated rings. The average Bonchev–Trinajstić information content (AvgIpc) is 3.26. The molecule has 4 rings (SSSR count). The third-order valence-corrected chi connectivity index (χ3v) is 4.84. The summed E-state index contributed by atoms with van der Waals surface area (Å²) in [5.41, 5.74) is 2.30. The van der Waals surface area contributed by atoms with Crippen LogP contribution in [0.5, 0.6) is 11.5 Å². The number of imidazole rings is 1. The Bertz CT molecular complexity index is 1440. The van der Waals surface area contributed by atoms with Crippen molar-refractivity contribution in [3.8, 4) is 29.0 Å². The maximum atomic E-state index is 14.1. The Morgan fingerprint density at radius 1 is 1.15 bits per heavy atom. The number of H-pyrrole nitrogens is 1. The van der Waals surface area contributed by atoms with Crippen LogP contribution in [-0.2, 0) is 4.79 Å². The number of hydrogen-bond acceptors (Lipinski definition) is 5. The van der Waals surface area contributed by atoms with Crippen LogP contribution in [-0.4, -0.2) is 29.6 Å². The lowest BCUT2D eigenvalue weighted by Crippen LogP contribution is -2.07. The van der Waals surface area contributed by atoms with Crippen LogP contribution in [0, 0.1) is 23.0 Å². The molecule has 0 saturated heterocycles. The number of aromatic amines is 1. The van der Waals surface area contributed by atoms with E-state index in [1.54, 1.807) is 42.5 Å². The van der Waals surface area contributed by atoms with E-state index in [9.17, 15) is 13.6 Å². The quantitative estimate of drug-likeness (QED) is 0.375. The molecule has 0 atom stereocenters. The van der Waals surface area contributed by atoms with E-state index in [2.05, 4.69) is 15.3 Å². The van der Waals surface area contributed by atoms with E-state index >= 15 is 0 Å². The van der Waals surface area contributed by atoms with Gasteiger partial charge in [-0.1, -0.05) is 6.07 Å². The Kier molecular flexibility index (Phi) is 6.50. The first-order valence-corrected chi connectivity index (χ1v) is 10.1. The first kappa shape index (κ1) is 22.5. The maximum Gasteiger partial charge on any atom is 0.248 e. The van der Waals surface area contributed by atoms with Gasteiger partial charge in [0.1, 0.15) is 23.5 Å². The predicted molar refractivity (Wildman–Crippen MR) is 123 cm³/mol. The van der Waals surface area contributed by atoms with Crippen LogP contribution in [0.15, 0.2) is 60.7 Å². The van der Waals surface area contributed by atoms with E-state index in [1.807, 2.05) is 6.07 Å². The van der Waals surface area contributed by atoms with Crippen LogP contribution in [0.1, 0.15) is 5.56 Å². The molecule has 170 valence electrons.